The van der Waals surface area contributed by atoms with Crippen molar-refractivity contribution >= 4 is 17.9 Å². The molecule has 15 heavy (non-hydrogen) atoms. The molecule has 0 heterocycles. The number of carboxylic acid groups (broad SMARTS) is 3. The first-order chi connectivity index (χ1) is 7.47. The van der Waals surface area contributed by atoms with Gasteiger partial charge in [0.15, 0.2) is 0 Å². The highest BCUT2D eigenvalue weighted by Gasteiger charge is 2.17. The Morgan fingerprint density at radius 2 is 1.67 bits per heavy atom. The number of benzene rings is 1. The molecule has 0 amide bonds. The van der Waals surface area contributed by atoms with Crippen LogP contribution in [0, 0.1) is 0 Å². The van der Waals surface area contributed by atoms with E-state index in [2.05, 4.69) is 5.11 Å². The molecule has 0 atom stereocenters. The zero-order chi connectivity index (χ0) is 12.3. The molecule has 0 aliphatic rings. The monoisotopic (exact) mass is 211 g/mol. The molecule has 3 N–H and O–H groups in total. The summed E-state index contributed by atoms with van der Waals surface area (Å²) in [5, 5.41) is 21.0. The van der Waals surface area contributed by atoms with Gasteiger partial charge in [0.1, 0.15) is 0 Å². The molecular formula is C9H6O6. The summed E-state index contributed by atoms with van der Waals surface area (Å²) < 4.78 is 6.37. The molecule has 0 unspecified atom stereocenters. The third-order valence-electron chi connectivity index (χ3n) is 1.72. The Hall–Kier alpha value is -2.37. The van der Waals surface area contributed by atoms with Crippen molar-refractivity contribution in [2.45, 2.75) is 0 Å². The van der Waals surface area contributed by atoms with Crippen LogP contribution in [0.3, 0.4) is 0 Å². The summed E-state index contributed by atoms with van der Waals surface area (Å²) in [6.45, 7) is 0. The molecular weight excluding hydrogens is 204 g/mol. The molecule has 0 fully saturated rings. The van der Waals surface area contributed by atoms with Gasteiger partial charge in [-0.1, -0.05) is 0 Å². The number of carbonyl (C=O) groups is 3. The van der Waals surface area contributed by atoms with Crippen LogP contribution in [-0.2, 0) is 0 Å². The molecule has 1 aromatic rings. The lowest BCUT2D eigenvalue weighted by Crippen LogP contribution is -2.10. The maximum Gasteiger partial charge on any atom is 0.336 e. The van der Waals surface area contributed by atoms with E-state index in [1.54, 1.807) is 0 Å². The van der Waals surface area contributed by atoms with E-state index in [9.17, 15) is 14.4 Å². The van der Waals surface area contributed by atoms with Crippen molar-refractivity contribution in [1.82, 2.24) is 0 Å². The Bertz CT molecular complexity index is 467. The van der Waals surface area contributed by atoms with Gasteiger partial charge < -0.3 is 15.3 Å². The van der Waals surface area contributed by atoms with Crippen LogP contribution < -0.4 is 0 Å². The van der Waals surface area contributed by atoms with Crippen molar-refractivity contribution in [3.05, 3.63) is 34.9 Å². The Balaban J connectivity index is 3.38. The maximum atomic E-state index is 11.0. The van der Waals surface area contributed by atoms with Gasteiger partial charge in [-0.3, -0.25) is 0 Å². The first-order valence-electron chi connectivity index (χ1n) is 4.16. The van der Waals surface area contributed by atoms with E-state index >= 15 is 0 Å². The van der Waals surface area contributed by atoms with E-state index in [0.717, 1.165) is 18.2 Å². The van der Waals surface area contributed by atoms with E-state index in [0.29, 0.717) is 0 Å². The fourth-order valence-corrected chi connectivity index (χ4v) is 1.03. The average molecular weight is 211 g/mol. The smallest absolute Gasteiger partial charge is 0.336 e. The van der Waals surface area contributed by atoms with Gasteiger partial charge in [0, 0.05) is 0 Å². The van der Waals surface area contributed by atoms with Crippen molar-refractivity contribution in [2.24, 2.45) is 0 Å². The Morgan fingerprint density at radius 3 is 2.13 bits per heavy atom. The third-order valence-corrected chi connectivity index (χ3v) is 1.72. The second-order valence-corrected chi connectivity index (χ2v) is 2.66. The van der Waals surface area contributed by atoms with Crippen molar-refractivity contribution in [3.63, 3.8) is 0 Å². The molecule has 0 aliphatic heterocycles. The zero-order valence-corrected chi connectivity index (χ0v) is 7.26. The van der Waals surface area contributed by atoms with Crippen LogP contribution in [-0.4, -0.2) is 33.2 Å². The molecule has 0 aromatic heterocycles. The second kappa shape index (κ2) is 3.79. The quantitative estimate of drug-likeness (QED) is 0.681. The Morgan fingerprint density at radius 1 is 1.00 bits per heavy atom. The van der Waals surface area contributed by atoms with Gasteiger partial charge >= 0.3 is 17.9 Å². The highest BCUT2D eigenvalue weighted by molar-refractivity contribution is 6.03. The molecule has 0 saturated carbocycles. The van der Waals surface area contributed by atoms with Gasteiger partial charge in [-0.15, -0.1) is 0 Å². The zero-order valence-electron chi connectivity index (χ0n) is 8.26. The van der Waals surface area contributed by atoms with E-state index in [4.69, 9.17) is 11.6 Å². The third kappa shape index (κ3) is 2.11. The Kier molecular flexibility index (Phi) is 2.32. The Labute approximate surface area is 84.9 Å². The minimum Gasteiger partial charge on any atom is -0.478 e. The predicted molar refractivity (Wildman–Crippen MR) is 47.3 cm³/mol. The number of hydrogen-bond acceptors (Lipinski definition) is 4. The molecule has 1 rings (SSSR count). The topological polar surface area (TPSA) is 112 Å². The number of hydrogen-bond donors (Lipinski definition) is 3. The minimum absolute atomic E-state index is 0.259. The van der Waals surface area contributed by atoms with Crippen LogP contribution >= 0.6 is 0 Å². The van der Waals surface area contributed by atoms with Gasteiger partial charge in [-0.2, -0.15) is 0 Å². The lowest BCUT2D eigenvalue weighted by atomic mass is 10.0. The number of rotatable bonds is 3. The van der Waals surface area contributed by atoms with E-state index in [-0.39, 0.29) is 5.56 Å². The summed E-state index contributed by atoms with van der Waals surface area (Å²) in [6, 6.07) is 2.87. The fourth-order valence-electron chi connectivity index (χ4n) is 1.03. The SMILES string of the molecule is [2H]OC(=O)c1cc(C(=O)O)ccc1C(=O)O. The van der Waals surface area contributed by atoms with E-state index in [1.807, 2.05) is 0 Å². The van der Waals surface area contributed by atoms with E-state index < -0.39 is 29.0 Å². The van der Waals surface area contributed by atoms with Gasteiger partial charge in [0.05, 0.1) is 16.7 Å². The molecule has 0 saturated heterocycles. The minimum atomic E-state index is -1.41. The lowest BCUT2D eigenvalue weighted by Gasteiger charge is -2.02. The molecule has 0 aliphatic carbocycles. The van der Waals surface area contributed by atoms with Crippen LogP contribution in [0.2, 0.25) is 0 Å². The summed E-state index contributed by atoms with van der Waals surface area (Å²) in [7, 11) is 0. The normalized spacial score (nSPS) is 10.3. The van der Waals surface area contributed by atoms with E-state index in [1.165, 1.54) is 0 Å². The maximum absolute atomic E-state index is 11.0. The molecule has 0 spiro atoms. The highest BCUT2D eigenvalue weighted by atomic mass is 16.4. The lowest BCUT2D eigenvalue weighted by molar-refractivity contribution is 0.0649. The number of carboxylic acids is 3. The van der Waals surface area contributed by atoms with Crippen molar-refractivity contribution < 1.29 is 29.7 Å². The van der Waals surface area contributed by atoms with Crippen LogP contribution in [0.25, 0.3) is 1.43 Å². The van der Waals surface area contributed by atoms with Crippen LogP contribution in [0.1, 0.15) is 31.1 Å². The predicted octanol–water partition coefficient (Wildman–Crippen LogP) is 0.781. The van der Waals surface area contributed by atoms with Crippen LogP contribution in [0.15, 0.2) is 18.2 Å². The van der Waals surface area contributed by atoms with Gasteiger partial charge in [-0.25, -0.2) is 14.4 Å². The summed E-state index contributed by atoms with van der Waals surface area (Å²) >= 11 is 0. The highest BCUT2D eigenvalue weighted by Crippen LogP contribution is 2.12. The number of aromatic carboxylic acids is 3. The molecule has 0 radical (unpaired) electrons. The van der Waals surface area contributed by atoms with Gasteiger partial charge in [-0.05, 0) is 18.2 Å². The van der Waals surface area contributed by atoms with Crippen LogP contribution in [0.5, 0.6) is 0 Å². The largest absolute Gasteiger partial charge is 0.478 e. The first-order valence-corrected chi connectivity index (χ1v) is 3.75. The molecule has 1 aromatic carbocycles. The first kappa shape index (κ1) is 9.20. The van der Waals surface area contributed by atoms with Gasteiger partial charge in [0.25, 0.3) is 1.43 Å². The summed E-state index contributed by atoms with van der Waals surface area (Å²) in [6.07, 6.45) is 0. The van der Waals surface area contributed by atoms with Gasteiger partial charge in [0.2, 0.25) is 0 Å². The standard InChI is InChI=1S/C9H6O6/c10-7(11)4-1-2-5(8(12)13)6(3-4)9(14)15/h1-3H,(H,10,11)(H,12,13)(H,14,15)/i/hD. The average Bonchev–Trinajstić information content (AvgIpc) is 2.26. The molecule has 78 valence electrons. The molecule has 0 bridgehead atoms. The summed E-state index contributed by atoms with van der Waals surface area (Å²) in [5.74, 6) is -3.94. The summed E-state index contributed by atoms with van der Waals surface area (Å²) in [5.41, 5.74) is -1.14. The van der Waals surface area contributed by atoms with Crippen LogP contribution in [0.4, 0.5) is 0 Å². The summed E-state index contributed by atoms with van der Waals surface area (Å²) in [4.78, 5) is 32.4. The van der Waals surface area contributed by atoms with Crippen molar-refractivity contribution in [3.8, 4) is 0 Å². The molecule has 6 heteroatoms. The molecule has 6 nitrogen and oxygen atoms in total. The fraction of sp³-hybridized carbons (Fsp3) is 0. The van der Waals surface area contributed by atoms with Crippen molar-refractivity contribution in [1.29, 1.82) is 1.43 Å². The second-order valence-electron chi connectivity index (χ2n) is 2.66. The van der Waals surface area contributed by atoms with Crippen molar-refractivity contribution in [2.75, 3.05) is 0 Å².